The Morgan fingerprint density at radius 2 is 2.11 bits per heavy atom. The van der Waals surface area contributed by atoms with E-state index in [2.05, 4.69) is 4.72 Å². The number of rotatable bonds is 6. The molecule has 1 aromatic carbocycles. The molecule has 0 aliphatic rings. The fraction of sp³-hybridized carbons (Fsp3) is 0.500. The van der Waals surface area contributed by atoms with Gasteiger partial charge in [0.15, 0.2) is 0 Å². The average molecular weight is 323 g/mol. The predicted octanol–water partition coefficient (Wildman–Crippen LogP) is 2.65. The third-order valence-electron chi connectivity index (χ3n) is 2.51. The van der Waals surface area contributed by atoms with Crippen LogP contribution in [0.25, 0.3) is 0 Å². The maximum Gasteiger partial charge on any atom is 0.241 e. The third-order valence-corrected chi connectivity index (χ3v) is 5.71. The van der Waals surface area contributed by atoms with Crippen LogP contribution in [0.2, 0.25) is 5.02 Å². The molecule has 0 heterocycles. The van der Waals surface area contributed by atoms with Crippen LogP contribution < -0.4 is 10.5 Å². The zero-order valence-corrected chi connectivity index (χ0v) is 13.6. The third kappa shape index (κ3) is 4.56. The van der Waals surface area contributed by atoms with Crippen molar-refractivity contribution < 1.29 is 8.42 Å². The number of thioether (sulfide) groups is 1. The number of nitrogens with two attached hydrogens (primary N) is 1. The fourth-order valence-electron chi connectivity index (χ4n) is 1.62. The zero-order valence-electron chi connectivity index (χ0n) is 11.2. The van der Waals surface area contributed by atoms with Crippen LogP contribution >= 0.6 is 23.4 Å². The van der Waals surface area contributed by atoms with Crippen LogP contribution in [0.15, 0.2) is 17.0 Å². The average Bonchev–Trinajstić information content (AvgIpc) is 2.30. The summed E-state index contributed by atoms with van der Waals surface area (Å²) in [5.41, 5.74) is 6.52. The van der Waals surface area contributed by atoms with Crippen LogP contribution in [0.3, 0.4) is 0 Å². The summed E-state index contributed by atoms with van der Waals surface area (Å²) in [6, 6.07) is 2.84. The van der Waals surface area contributed by atoms with Crippen molar-refractivity contribution in [1.29, 1.82) is 0 Å². The molecule has 0 aliphatic heterocycles. The van der Waals surface area contributed by atoms with Gasteiger partial charge in [0.05, 0.1) is 15.6 Å². The Morgan fingerprint density at radius 3 is 2.68 bits per heavy atom. The Hall–Kier alpha value is -0.430. The van der Waals surface area contributed by atoms with Gasteiger partial charge in [-0.25, -0.2) is 13.1 Å². The van der Waals surface area contributed by atoms with Gasteiger partial charge in [-0.15, -0.1) is 0 Å². The van der Waals surface area contributed by atoms with Crippen LogP contribution in [0.1, 0.15) is 19.4 Å². The summed E-state index contributed by atoms with van der Waals surface area (Å²) in [5, 5.41) is 0.367. The van der Waals surface area contributed by atoms with Crippen molar-refractivity contribution in [3.05, 3.63) is 22.7 Å². The Labute approximate surface area is 124 Å². The van der Waals surface area contributed by atoms with Crippen LogP contribution in [0, 0.1) is 6.92 Å². The summed E-state index contributed by atoms with van der Waals surface area (Å²) in [4.78, 5) is 0.183. The van der Waals surface area contributed by atoms with Crippen molar-refractivity contribution in [2.75, 3.05) is 17.2 Å². The first-order chi connectivity index (χ1) is 8.77. The van der Waals surface area contributed by atoms with E-state index < -0.39 is 10.0 Å². The van der Waals surface area contributed by atoms with Gasteiger partial charge in [0.25, 0.3) is 0 Å². The molecule has 4 nitrogen and oxygen atoms in total. The highest BCUT2D eigenvalue weighted by Crippen LogP contribution is 2.26. The van der Waals surface area contributed by atoms with Crippen molar-refractivity contribution in [2.45, 2.75) is 31.7 Å². The summed E-state index contributed by atoms with van der Waals surface area (Å²) in [6.45, 7) is 5.58. The fourth-order valence-corrected chi connectivity index (χ4v) is 4.12. The number of benzene rings is 1. The molecule has 108 valence electrons. The largest absolute Gasteiger partial charge is 0.397 e. The van der Waals surface area contributed by atoms with Gasteiger partial charge in [-0.3, -0.25) is 0 Å². The zero-order chi connectivity index (χ0) is 14.6. The molecule has 3 N–H and O–H groups in total. The second-order valence-electron chi connectivity index (χ2n) is 4.32. The molecular formula is C12H19ClN2O2S2. The topological polar surface area (TPSA) is 72.2 Å². The number of hydrogen-bond donors (Lipinski definition) is 2. The van der Waals surface area contributed by atoms with E-state index in [4.69, 9.17) is 17.3 Å². The quantitative estimate of drug-likeness (QED) is 0.790. The summed E-state index contributed by atoms with van der Waals surface area (Å²) < 4.78 is 27.2. The molecule has 0 aliphatic carbocycles. The highest BCUT2D eigenvalue weighted by molar-refractivity contribution is 7.99. The molecule has 0 saturated heterocycles. The van der Waals surface area contributed by atoms with Gasteiger partial charge in [0.2, 0.25) is 10.0 Å². The van der Waals surface area contributed by atoms with Crippen molar-refractivity contribution >= 4 is 39.1 Å². The van der Waals surface area contributed by atoms with Gasteiger partial charge >= 0.3 is 0 Å². The van der Waals surface area contributed by atoms with E-state index in [1.165, 1.54) is 6.07 Å². The highest BCUT2D eigenvalue weighted by Gasteiger charge is 2.20. The minimum absolute atomic E-state index is 0.133. The first-order valence-electron chi connectivity index (χ1n) is 5.93. The maximum absolute atomic E-state index is 12.3. The number of halogens is 1. The maximum atomic E-state index is 12.3. The number of hydrogen-bond acceptors (Lipinski definition) is 4. The summed E-state index contributed by atoms with van der Waals surface area (Å²) in [7, 11) is -3.56. The van der Waals surface area contributed by atoms with Crippen LogP contribution in [-0.4, -0.2) is 26.0 Å². The number of anilines is 1. The van der Waals surface area contributed by atoms with Crippen molar-refractivity contribution in [3.8, 4) is 0 Å². The Morgan fingerprint density at radius 1 is 1.47 bits per heavy atom. The van der Waals surface area contributed by atoms with Crippen LogP contribution in [0.4, 0.5) is 5.69 Å². The molecule has 1 atom stereocenters. The van der Waals surface area contributed by atoms with Gasteiger partial charge in [-0.05, 0) is 37.3 Å². The molecule has 0 fully saturated rings. The number of nitrogen functional groups attached to an aromatic ring is 1. The SMILES string of the molecule is CCSCC(C)NS(=O)(=O)c1cc(N)c(Cl)cc1C. The Kier molecular flexibility index (Phi) is 5.98. The molecule has 0 aromatic heterocycles. The van der Waals surface area contributed by atoms with E-state index in [0.717, 1.165) is 11.5 Å². The van der Waals surface area contributed by atoms with E-state index in [1.54, 1.807) is 24.8 Å². The lowest BCUT2D eigenvalue weighted by atomic mass is 10.2. The van der Waals surface area contributed by atoms with E-state index >= 15 is 0 Å². The standard InChI is InChI=1S/C12H19ClN2O2S2/c1-4-18-7-9(3)15-19(16,17)12-6-11(14)10(13)5-8(12)2/h5-6,9,15H,4,7,14H2,1-3H3. The van der Waals surface area contributed by atoms with Crippen LogP contribution in [0.5, 0.6) is 0 Å². The van der Waals surface area contributed by atoms with Crippen molar-refractivity contribution in [3.63, 3.8) is 0 Å². The van der Waals surface area contributed by atoms with Gasteiger partial charge in [0, 0.05) is 11.8 Å². The highest BCUT2D eigenvalue weighted by atomic mass is 35.5. The minimum Gasteiger partial charge on any atom is -0.397 e. The van der Waals surface area contributed by atoms with Gasteiger partial charge in [0.1, 0.15) is 0 Å². The van der Waals surface area contributed by atoms with Gasteiger partial charge < -0.3 is 5.73 Å². The first kappa shape index (κ1) is 16.6. The number of nitrogens with one attached hydrogen (secondary N) is 1. The Bertz CT molecular complexity index is 547. The summed E-state index contributed by atoms with van der Waals surface area (Å²) in [6.07, 6.45) is 0. The van der Waals surface area contributed by atoms with Crippen molar-refractivity contribution in [2.24, 2.45) is 0 Å². The molecule has 19 heavy (non-hydrogen) atoms. The number of sulfonamides is 1. The predicted molar refractivity (Wildman–Crippen MR) is 83.4 cm³/mol. The van der Waals surface area contributed by atoms with Crippen molar-refractivity contribution in [1.82, 2.24) is 4.72 Å². The van der Waals surface area contributed by atoms with E-state index in [0.29, 0.717) is 10.6 Å². The minimum atomic E-state index is -3.56. The van der Waals surface area contributed by atoms with Gasteiger partial charge in [-0.2, -0.15) is 11.8 Å². The number of aryl methyl sites for hydroxylation is 1. The molecule has 1 aromatic rings. The molecular weight excluding hydrogens is 304 g/mol. The van der Waals surface area contributed by atoms with Crippen LogP contribution in [-0.2, 0) is 10.0 Å². The lowest BCUT2D eigenvalue weighted by molar-refractivity contribution is 0.570. The van der Waals surface area contributed by atoms with E-state index in [9.17, 15) is 8.42 Å². The smallest absolute Gasteiger partial charge is 0.241 e. The molecule has 0 amide bonds. The molecule has 1 rings (SSSR count). The summed E-state index contributed by atoms with van der Waals surface area (Å²) in [5.74, 6) is 1.69. The molecule has 0 saturated carbocycles. The molecule has 7 heteroatoms. The van der Waals surface area contributed by atoms with Gasteiger partial charge in [-0.1, -0.05) is 18.5 Å². The Balaban J connectivity index is 2.98. The first-order valence-corrected chi connectivity index (χ1v) is 8.95. The molecule has 1 unspecified atom stereocenters. The lowest BCUT2D eigenvalue weighted by Gasteiger charge is -2.15. The molecule has 0 radical (unpaired) electrons. The second kappa shape index (κ2) is 6.83. The summed E-state index contributed by atoms with van der Waals surface area (Å²) >= 11 is 7.56. The van der Waals surface area contributed by atoms with E-state index in [1.807, 2.05) is 13.8 Å². The molecule has 0 spiro atoms. The second-order valence-corrected chi connectivity index (χ2v) is 7.73. The normalized spacial score (nSPS) is 13.5. The molecule has 0 bridgehead atoms. The monoisotopic (exact) mass is 322 g/mol. The lowest BCUT2D eigenvalue weighted by Crippen LogP contribution is -2.34. The van der Waals surface area contributed by atoms with E-state index in [-0.39, 0.29) is 16.6 Å².